The monoisotopic (exact) mass is 482 g/mol. The van der Waals surface area contributed by atoms with E-state index in [1.54, 1.807) is 13.8 Å². The van der Waals surface area contributed by atoms with Gasteiger partial charge in [0.15, 0.2) is 23.9 Å². The molecule has 9 heteroatoms. The first kappa shape index (κ1) is 23.8. The number of ether oxygens (including phenoxy) is 3. The van der Waals surface area contributed by atoms with Gasteiger partial charge in [-0.05, 0) is 61.4 Å². The number of rotatable bonds is 7. The normalized spacial score (nSPS) is 17.1. The lowest BCUT2D eigenvalue weighted by Crippen LogP contribution is -2.25. The standard InChI is InChI=1S/C25H20F6O3/c1-3-32-13-5-7-14(8-6-13)34-25(30,31)17-11-9-15-16-10-12-18(33-4-2)22(27)20(16)24(29)23(28)19(15)21(17)26/h5-12,23-24H,3-4H2,1-2H3. The van der Waals surface area contributed by atoms with Gasteiger partial charge in [0.05, 0.1) is 13.2 Å². The lowest BCUT2D eigenvalue weighted by Gasteiger charge is -2.29. The van der Waals surface area contributed by atoms with Crippen molar-refractivity contribution in [1.29, 1.82) is 0 Å². The Morgan fingerprint density at radius 3 is 1.82 bits per heavy atom. The maximum Gasteiger partial charge on any atom is 0.429 e. The number of hydrogen-bond donors (Lipinski definition) is 0. The van der Waals surface area contributed by atoms with Crippen molar-refractivity contribution in [3.8, 4) is 28.4 Å². The zero-order chi connectivity index (χ0) is 24.6. The van der Waals surface area contributed by atoms with Gasteiger partial charge in [-0.2, -0.15) is 8.78 Å². The second-order valence-electron chi connectivity index (χ2n) is 7.49. The van der Waals surface area contributed by atoms with Crippen LogP contribution in [0.5, 0.6) is 17.2 Å². The average molecular weight is 482 g/mol. The van der Waals surface area contributed by atoms with Crippen LogP contribution in [0, 0.1) is 11.6 Å². The summed E-state index contributed by atoms with van der Waals surface area (Å²) in [7, 11) is 0. The van der Waals surface area contributed by atoms with E-state index in [4.69, 9.17) is 9.47 Å². The van der Waals surface area contributed by atoms with E-state index in [-0.39, 0.29) is 29.2 Å². The second kappa shape index (κ2) is 9.12. The van der Waals surface area contributed by atoms with Crippen molar-refractivity contribution < 1.29 is 40.6 Å². The Balaban J connectivity index is 1.74. The molecule has 4 rings (SSSR count). The summed E-state index contributed by atoms with van der Waals surface area (Å²) in [5.41, 5.74) is -3.20. The largest absolute Gasteiger partial charge is 0.494 e. The molecule has 0 amide bonds. The summed E-state index contributed by atoms with van der Waals surface area (Å²) in [6.07, 6.45) is -9.54. The van der Waals surface area contributed by atoms with Crippen LogP contribution in [0.2, 0.25) is 0 Å². The molecule has 3 nitrogen and oxygen atoms in total. The third kappa shape index (κ3) is 4.03. The molecule has 0 spiro atoms. The first-order valence-corrected chi connectivity index (χ1v) is 10.6. The molecule has 0 fully saturated rings. The summed E-state index contributed by atoms with van der Waals surface area (Å²) in [6.45, 7) is 3.80. The molecule has 34 heavy (non-hydrogen) atoms. The molecule has 0 radical (unpaired) electrons. The Morgan fingerprint density at radius 1 is 0.706 bits per heavy atom. The third-order valence-electron chi connectivity index (χ3n) is 5.42. The minimum Gasteiger partial charge on any atom is -0.494 e. The van der Waals surface area contributed by atoms with Crippen molar-refractivity contribution in [2.45, 2.75) is 32.3 Å². The molecule has 0 bridgehead atoms. The van der Waals surface area contributed by atoms with Gasteiger partial charge in [-0.3, -0.25) is 0 Å². The molecule has 0 aromatic heterocycles. The number of alkyl halides is 4. The highest BCUT2D eigenvalue weighted by atomic mass is 19.3. The third-order valence-corrected chi connectivity index (χ3v) is 5.42. The van der Waals surface area contributed by atoms with Crippen LogP contribution < -0.4 is 14.2 Å². The zero-order valence-electron chi connectivity index (χ0n) is 18.2. The van der Waals surface area contributed by atoms with Gasteiger partial charge >= 0.3 is 6.11 Å². The van der Waals surface area contributed by atoms with E-state index in [2.05, 4.69) is 4.74 Å². The zero-order valence-corrected chi connectivity index (χ0v) is 18.2. The molecule has 0 heterocycles. The quantitative estimate of drug-likeness (QED) is 0.325. The van der Waals surface area contributed by atoms with Crippen molar-refractivity contribution in [1.82, 2.24) is 0 Å². The molecular formula is C25H20F6O3. The first-order valence-electron chi connectivity index (χ1n) is 10.6. The van der Waals surface area contributed by atoms with Gasteiger partial charge in [-0.1, -0.05) is 12.1 Å². The van der Waals surface area contributed by atoms with Gasteiger partial charge in [-0.15, -0.1) is 0 Å². The van der Waals surface area contributed by atoms with Crippen molar-refractivity contribution in [3.05, 3.63) is 76.9 Å². The molecule has 1 aliphatic rings. The first-order chi connectivity index (χ1) is 16.2. The van der Waals surface area contributed by atoms with Crippen molar-refractivity contribution in [3.63, 3.8) is 0 Å². The minimum absolute atomic E-state index is 0.0870. The number of hydrogen-bond acceptors (Lipinski definition) is 3. The molecule has 180 valence electrons. The summed E-state index contributed by atoms with van der Waals surface area (Å²) < 4.78 is 105. The predicted molar refractivity (Wildman–Crippen MR) is 113 cm³/mol. The van der Waals surface area contributed by atoms with E-state index in [0.717, 1.165) is 6.07 Å². The second-order valence-corrected chi connectivity index (χ2v) is 7.49. The Labute approximate surface area is 191 Å². The topological polar surface area (TPSA) is 27.7 Å². The molecule has 1 aliphatic carbocycles. The summed E-state index contributed by atoms with van der Waals surface area (Å²) in [5, 5.41) is 0. The molecule has 3 aromatic rings. The summed E-state index contributed by atoms with van der Waals surface area (Å²) in [5.74, 6) is -2.93. The molecule has 2 unspecified atom stereocenters. The van der Waals surface area contributed by atoms with E-state index in [0.29, 0.717) is 18.4 Å². The highest BCUT2D eigenvalue weighted by Gasteiger charge is 2.44. The summed E-state index contributed by atoms with van der Waals surface area (Å²) >= 11 is 0. The SMILES string of the molecule is CCOc1ccc(OC(F)(F)c2ccc3c(c2F)C(F)C(F)c2c-3ccc(OCC)c2F)cc1. The average Bonchev–Trinajstić information content (AvgIpc) is 2.80. The molecule has 3 aromatic carbocycles. The smallest absolute Gasteiger partial charge is 0.429 e. The van der Waals surface area contributed by atoms with E-state index >= 15 is 4.39 Å². The molecular weight excluding hydrogens is 462 g/mol. The van der Waals surface area contributed by atoms with Crippen LogP contribution in [-0.4, -0.2) is 13.2 Å². The fourth-order valence-electron chi connectivity index (χ4n) is 3.93. The van der Waals surface area contributed by atoms with E-state index in [9.17, 15) is 22.0 Å². The fraction of sp³-hybridized carbons (Fsp3) is 0.280. The Hall–Kier alpha value is -3.36. The lowest BCUT2D eigenvalue weighted by atomic mass is 9.81. The number of benzene rings is 3. The van der Waals surface area contributed by atoms with Gasteiger partial charge in [0.1, 0.15) is 22.9 Å². The van der Waals surface area contributed by atoms with Gasteiger partial charge in [0, 0.05) is 11.1 Å². The van der Waals surface area contributed by atoms with Crippen LogP contribution in [-0.2, 0) is 6.11 Å². The predicted octanol–water partition coefficient (Wildman–Crippen LogP) is 7.59. The van der Waals surface area contributed by atoms with Crippen LogP contribution in [0.4, 0.5) is 26.3 Å². The maximum atomic E-state index is 15.2. The highest BCUT2D eigenvalue weighted by molar-refractivity contribution is 5.76. The van der Waals surface area contributed by atoms with Crippen LogP contribution in [0.15, 0.2) is 48.5 Å². The lowest BCUT2D eigenvalue weighted by molar-refractivity contribution is -0.187. The van der Waals surface area contributed by atoms with Crippen molar-refractivity contribution in [2.75, 3.05) is 13.2 Å². The molecule has 0 aliphatic heterocycles. The summed E-state index contributed by atoms with van der Waals surface area (Å²) in [4.78, 5) is 0. The van der Waals surface area contributed by atoms with Gasteiger partial charge in [0.25, 0.3) is 0 Å². The molecule has 0 N–H and O–H groups in total. The number of halogens is 6. The van der Waals surface area contributed by atoms with Crippen molar-refractivity contribution in [2.24, 2.45) is 0 Å². The minimum atomic E-state index is -4.21. The van der Waals surface area contributed by atoms with Crippen LogP contribution in [0.3, 0.4) is 0 Å². The fourth-order valence-corrected chi connectivity index (χ4v) is 3.93. The van der Waals surface area contributed by atoms with E-state index in [1.807, 2.05) is 0 Å². The molecule has 0 saturated heterocycles. The van der Waals surface area contributed by atoms with E-state index < -0.39 is 46.8 Å². The number of fused-ring (bicyclic) bond motifs is 3. The summed E-state index contributed by atoms with van der Waals surface area (Å²) in [6, 6.07) is 9.36. The Bertz CT molecular complexity index is 1200. The maximum absolute atomic E-state index is 15.2. The highest BCUT2D eigenvalue weighted by Crippen LogP contribution is 2.52. The van der Waals surface area contributed by atoms with E-state index in [1.165, 1.54) is 36.4 Å². The van der Waals surface area contributed by atoms with Gasteiger partial charge in [0.2, 0.25) is 0 Å². The molecule has 2 atom stereocenters. The van der Waals surface area contributed by atoms with Crippen LogP contribution in [0.1, 0.15) is 42.9 Å². The van der Waals surface area contributed by atoms with Crippen molar-refractivity contribution >= 4 is 0 Å². The van der Waals surface area contributed by atoms with Crippen LogP contribution >= 0.6 is 0 Å². The van der Waals surface area contributed by atoms with Gasteiger partial charge < -0.3 is 14.2 Å². The molecule has 0 saturated carbocycles. The van der Waals surface area contributed by atoms with Crippen LogP contribution in [0.25, 0.3) is 11.1 Å². The Morgan fingerprint density at radius 2 is 1.24 bits per heavy atom. The Kier molecular flexibility index (Phi) is 6.38. The van der Waals surface area contributed by atoms with Gasteiger partial charge in [-0.25, -0.2) is 17.6 Å².